The fourth-order valence-corrected chi connectivity index (χ4v) is 3.01. The maximum Gasteiger partial charge on any atom is 0.272 e. The lowest BCUT2D eigenvalue weighted by Crippen LogP contribution is -1.91. The molecule has 2 aromatic carbocycles. The van der Waals surface area contributed by atoms with Gasteiger partial charge in [0.1, 0.15) is 16.3 Å². The minimum atomic E-state index is -0.420. The summed E-state index contributed by atoms with van der Waals surface area (Å²) in [6, 6.07) is 9.60. The van der Waals surface area contributed by atoms with Crippen LogP contribution in [0.5, 0.6) is 0 Å². The highest BCUT2D eigenvalue weighted by atomic mass is 32.1. The largest absolute Gasteiger partial charge is 0.272 e. The van der Waals surface area contributed by atoms with Crippen LogP contribution in [0.15, 0.2) is 36.4 Å². The maximum atomic E-state index is 13.6. The number of nitrogens with zero attached hydrogens (tertiary/aromatic N) is 2. The lowest BCUT2D eigenvalue weighted by atomic mass is 10.1. The summed E-state index contributed by atoms with van der Waals surface area (Å²) in [7, 11) is 0. The van der Waals surface area contributed by atoms with Crippen molar-refractivity contribution in [2.75, 3.05) is 0 Å². The lowest BCUT2D eigenvalue weighted by molar-refractivity contribution is -0.385. The summed E-state index contributed by atoms with van der Waals surface area (Å²) in [5.41, 5.74) is 1.73. The highest BCUT2D eigenvalue weighted by Gasteiger charge is 2.14. The zero-order valence-electron chi connectivity index (χ0n) is 10.5. The van der Waals surface area contributed by atoms with Crippen LogP contribution in [0.2, 0.25) is 0 Å². The average molecular weight is 288 g/mol. The van der Waals surface area contributed by atoms with Crippen molar-refractivity contribution in [1.29, 1.82) is 0 Å². The van der Waals surface area contributed by atoms with Crippen molar-refractivity contribution in [3.05, 3.63) is 57.9 Å². The van der Waals surface area contributed by atoms with E-state index in [0.717, 1.165) is 10.3 Å². The van der Waals surface area contributed by atoms with Crippen molar-refractivity contribution in [2.45, 2.75) is 6.92 Å². The van der Waals surface area contributed by atoms with Crippen molar-refractivity contribution in [1.82, 2.24) is 4.98 Å². The molecule has 3 aromatic rings. The molecule has 100 valence electrons. The van der Waals surface area contributed by atoms with E-state index in [9.17, 15) is 14.5 Å². The minimum absolute atomic E-state index is 0.0704. The zero-order valence-corrected chi connectivity index (χ0v) is 11.3. The number of hydrogen-bond acceptors (Lipinski definition) is 4. The molecule has 0 saturated heterocycles. The summed E-state index contributed by atoms with van der Waals surface area (Å²) < 4.78 is 14.4. The van der Waals surface area contributed by atoms with E-state index in [-0.39, 0.29) is 11.5 Å². The Morgan fingerprint density at radius 3 is 2.75 bits per heavy atom. The Hall–Kier alpha value is -2.34. The molecule has 0 unspecified atom stereocenters. The highest BCUT2D eigenvalue weighted by molar-refractivity contribution is 7.21. The minimum Gasteiger partial charge on any atom is -0.258 e. The molecule has 0 radical (unpaired) electrons. The number of fused-ring (bicyclic) bond motifs is 1. The number of rotatable bonds is 2. The first-order chi connectivity index (χ1) is 9.56. The molecule has 3 rings (SSSR count). The van der Waals surface area contributed by atoms with E-state index in [0.29, 0.717) is 16.1 Å². The molecule has 0 fully saturated rings. The second kappa shape index (κ2) is 4.64. The van der Waals surface area contributed by atoms with Crippen LogP contribution >= 0.6 is 11.3 Å². The summed E-state index contributed by atoms with van der Waals surface area (Å²) in [6.45, 7) is 1.68. The zero-order chi connectivity index (χ0) is 14.3. The van der Waals surface area contributed by atoms with Gasteiger partial charge >= 0.3 is 0 Å². The fourth-order valence-electron chi connectivity index (χ4n) is 2.03. The van der Waals surface area contributed by atoms with Crippen LogP contribution in [0, 0.1) is 22.9 Å². The molecule has 4 nitrogen and oxygen atoms in total. The standard InChI is InChI=1S/C14H9FN2O2S/c1-8-7-9(5-6-11(8)17(18)19)14-16-13-10(15)3-2-4-12(13)20-14/h2-7H,1H3. The SMILES string of the molecule is Cc1cc(-c2nc3c(F)cccc3s2)ccc1[N+](=O)[O-]. The van der Waals surface area contributed by atoms with Gasteiger partial charge < -0.3 is 0 Å². The number of aryl methyl sites for hydroxylation is 1. The van der Waals surface area contributed by atoms with E-state index in [1.165, 1.54) is 23.5 Å². The van der Waals surface area contributed by atoms with Crippen molar-refractivity contribution in [2.24, 2.45) is 0 Å². The van der Waals surface area contributed by atoms with Crippen LogP contribution in [-0.4, -0.2) is 9.91 Å². The lowest BCUT2D eigenvalue weighted by Gasteiger charge is -1.99. The van der Waals surface area contributed by atoms with Gasteiger partial charge in [-0.3, -0.25) is 10.1 Å². The molecule has 0 aliphatic rings. The first-order valence-electron chi connectivity index (χ1n) is 5.87. The second-order valence-electron chi connectivity index (χ2n) is 4.36. The predicted molar refractivity (Wildman–Crippen MR) is 76.4 cm³/mol. The predicted octanol–water partition coefficient (Wildman–Crippen LogP) is 4.32. The normalized spacial score (nSPS) is 10.9. The van der Waals surface area contributed by atoms with Crippen LogP contribution < -0.4 is 0 Å². The van der Waals surface area contributed by atoms with Crippen LogP contribution in [0.25, 0.3) is 20.8 Å². The van der Waals surface area contributed by atoms with Gasteiger partial charge in [-0.2, -0.15) is 0 Å². The van der Waals surface area contributed by atoms with E-state index >= 15 is 0 Å². The summed E-state index contributed by atoms with van der Waals surface area (Å²) >= 11 is 1.37. The Bertz CT molecular complexity index is 829. The van der Waals surface area contributed by atoms with Gasteiger partial charge in [-0.05, 0) is 31.2 Å². The molecule has 0 atom stereocenters. The van der Waals surface area contributed by atoms with Gasteiger partial charge in [0.2, 0.25) is 0 Å². The number of benzene rings is 2. The summed E-state index contributed by atoms with van der Waals surface area (Å²) in [4.78, 5) is 14.7. The number of aromatic nitrogens is 1. The molecule has 0 amide bonds. The molecule has 0 N–H and O–H groups in total. The third-order valence-corrected chi connectivity index (χ3v) is 4.08. The van der Waals surface area contributed by atoms with Crippen molar-refractivity contribution >= 4 is 27.2 Å². The molecule has 0 spiro atoms. The Labute approximate surface area is 117 Å². The molecule has 1 aromatic heterocycles. The summed E-state index contributed by atoms with van der Waals surface area (Å²) in [5, 5.41) is 11.5. The van der Waals surface area contributed by atoms with E-state index in [4.69, 9.17) is 0 Å². The Balaban J connectivity index is 2.13. The molecular weight excluding hydrogens is 279 g/mol. The summed E-state index contributed by atoms with van der Waals surface area (Å²) in [5.74, 6) is -0.358. The van der Waals surface area contributed by atoms with Gasteiger partial charge in [-0.15, -0.1) is 11.3 Å². The number of nitro groups is 1. The molecular formula is C14H9FN2O2S. The Morgan fingerprint density at radius 1 is 1.30 bits per heavy atom. The first-order valence-corrected chi connectivity index (χ1v) is 6.68. The van der Waals surface area contributed by atoms with Gasteiger partial charge in [-0.1, -0.05) is 6.07 Å². The average Bonchev–Trinajstić information content (AvgIpc) is 2.83. The monoisotopic (exact) mass is 288 g/mol. The number of halogens is 1. The Morgan fingerprint density at radius 2 is 2.10 bits per heavy atom. The van der Waals surface area contributed by atoms with Crippen molar-refractivity contribution in [3.8, 4) is 10.6 Å². The molecule has 0 saturated carbocycles. The molecule has 6 heteroatoms. The van der Waals surface area contributed by atoms with E-state index < -0.39 is 4.92 Å². The van der Waals surface area contributed by atoms with Gasteiger partial charge in [0.05, 0.1) is 9.62 Å². The molecule has 20 heavy (non-hydrogen) atoms. The number of para-hydroxylation sites is 1. The fraction of sp³-hybridized carbons (Fsp3) is 0.0714. The summed E-state index contributed by atoms with van der Waals surface area (Å²) in [6.07, 6.45) is 0. The van der Waals surface area contributed by atoms with Crippen molar-refractivity contribution in [3.63, 3.8) is 0 Å². The van der Waals surface area contributed by atoms with Crippen LogP contribution in [0.4, 0.5) is 10.1 Å². The number of hydrogen-bond donors (Lipinski definition) is 0. The molecule has 0 aliphatic heterocycles. The van der Waals surface area contributed by atoms with Crippen LogP contribution in [0.1, 0.15) is 5.56 Å². The number of thiazole rings is 1. The molecule has 1 heterocycles. The topological polar surface area (TPSA) is 56.0 Å². The van der Waals surface area contributed by atoms with Crippen LogP contribution in [-0.2, 0) is 0 Å². The maximum absolute atomic E-state index is 13.6. The number of nitro benzene ring substituents is 1. The first kappa shape index (κ1) is 12.7. The third-order valence-electron chi connectivity index (χ3n) is 3.01. The van der Waals surface area contributed by atoms with Gasteiger partial charge in [0, 0.05) is 17.2 Å². The van der Waals surface area contributed by atoms with E-state index in [2.05, 4.69) is 4.98 Å². The third kappa shape index (κ3) is 2.04. The van der Waals surface area contributed by atoms with E-state index in [1.807, 2.05) is 0 Å². The van der Waals surface area contributed by atoms with Crippen LogP contribution in [0.3, 0.4) is 0 Å². The quantitative estimate of drug-likeness (QED) is 0.521. The van der Waals surface area contributed by atoms with Crippen molar-refractivity contribution < 1.29 is 9.31 Å². The smallest absolute Gasteiger partial charge is 0.258 e. The van der Waals surface area contributed by atoms with E-state index in [1.54, 1.807) is 31.2 Å². The second-order valence-corrected chi connectivity index (χ2v) is 5.39. The van der Waals surface area contributed by atoms with Gasteiger partial charge in [-0.25, -0.2) is 9.37 Å². The Kier molecular flexibility index (Phi) is 2.94. The molecule has 0 bridgehead atoms. The van der Waals surface area contributed by atoms with Gasteiger partial charge in [0.25, 0.3) is 5.69 Å². The van der Waals surface area contributed by atoms with Gasteiger partial charge in [0.15, 0.2) is 0 Å². The molecule has 0 aliphatic carbocycles. The highest BCUT2D eigenvalue weighted by Crippen LogP contribution is 2.33.